The zero-order valence-corrected chi connectivity index (χ0v) is 12.3. The number of fused-ring (bicyclic) bond motifs is 1. The Hall–Kier alpha value is -1.93. The molecular weight excluding hydrogens is 316 g/mol. The lowest BCUT2D eigenvalue weighted by molar-refractivity contribution is -0.141. The predicted octanol–water partition coefficient (Wildman–Crippen LogP) is 2.43. The number of aliphatic carboxylic acids is 1. The fourth-order valence-electron chi connectivity index (χ4n) is 2.39. The second-order valence-corrected chi connectivity index (χ2v) is 5.61. The van der Waals surface area contributed by atoms with Crippen molar-refractivity contribution in [3.05, 3.63) is 17.2 Å². The van der Waals surface area contributed by atoms with Gasteiger partial charge in [-0.15, -0.1) is 0 Å². The molecular formula is C12H11ClN4O3S. The molecule has 1 saturated heterocycles. The van der Waals surface area contributed by atoms with E-state index in [1.54, 1.807) is 12.1 Å². The first kappa shape index (κ1) is 14.0. The van der Waals surface area contributed by atoms with Crippen molar-refractivity contribution < 1.29 is 14.7 Å². The molecule has 0 spiro atoms. The second-order valence-electron chi connectivity index (χ2n) is 4.67. The van der Waals surface area contributed by atoms with Crippen LogP contribution in [0, 0.1) is 0 Å². The molecule has 110 valence electrons. The van der Waals surface area contributed by atoms with E-state index < -0.39 is 18.0 Å². The molecule has 3 rings (SSSR count). The lowest BCUT2D eigenvalue weighted by Crippen LogP contribution is -2.42. The van der Waals surface area contributed by atoms with Crippen molar-refractivity contribution in [2.24, 2.45) is 0 Å². The van der Waals surface area contributed by atoms with E-state index in [2.05, 4.69) is 14.1 Å². The van der Waals surface area contributed by atoms with Gasteiger partial charge in [-0.2, -0.15) is 8.75 Å². The number of carboxylic acid groups (broad SMARTS) is 1. The number of likely N-dealkylation sites (tertiary alicyclic amines) is 1. The highest BCUT2D eigenvalue weighted by molar-refractivity contribution is 7.00. The largest absolute Gasteiger partial charge is 0.480 e. The standard InChI is InChI=1S/C12H11ClN4O3S/c13-6-3-4-7-10(16-21-15-7)9(6)14-12(20)17-5-1-2-8(17)11(18)19/h3-4,8H,1-2,5H2,(H,14,20)(H,18,19)/t8-/m0/s1. The maximum absolute atomic E-state index is 12.3. The number of carbonyl (C=O) groups excluding carboxylic acids is 1. The van der Waals surface area contributed by atoms with Crippen molar-refractivity contribution in [1.82, 2.24) is 13.6 Å². The Morgan fingerprint density at radius 1 is 1.43 bits per heavy atom. The van der Waals surface area contributed by atoms with Crippen LogP contribution in [0.15, 0.2) is 12.1 Å². The SMILES string of the molecule is O=C(O)[C@@H]1CCCN1C(=O)Nc1c(Cl)ccc2nsnc12. The molecule has 2 heterocycles. The topological polar surface area (TPSA) is 95.4 Å². The first-order valence-corrected chi connectivity index (χ1v) is 7.40. The number of hydrogen-bond donors (Lipinski definition) is 2. The Kier molecular flexibility index (Phi) is 3.64. The molecule has 1 aromatic heterocycles. The molecule has 1 aliphatic heterocycles. The number of hydrogen-bond acceptors (Lipinski definition) is 5. The Morgan fingerprint density at radius 3 is 3.00 bits per heavy atom. The highest BCUT2D eigenvalue weighted by atomic mass is 35.5. The van der Waals surface area contributed by atoms with Crippen LogP contribution in [0.4, 0.5) is 10.5 Å². The fourth-order valence-corrected chi connectivity index (χ4v) is 3.13. The van der Waals surface area contributed by atoms with Crippen LogP contribution in [0.25, 0.3) is 11.0 Å². The third-order valence-electron chi connectivity index (χ3n) is 3.41. The van der Waals surface area contributed by atoms with E-state index in [4.69, 9.17) is 16.7 Å². The van der Waals surface area contributed by atoms with E-state index in [0.717, 1.165) is 11.7 Å². The highest BCUT2D eigenvalue weighted by Gasteiger charge is 2.34. The van der Waals surface area contributed by atoms with E-state index in [1.807, 2.05) is 0 Å². The first-order valence-electron chi connectivity index (χ1n) is 6.29. The van der Waals surface area contributed by atoms with Gasteiger partial charge >= 0.3 is 12.0 Å². The Labute approximate surface area is 128 Å². The van der Waals surface area contributed by atoms with Gasteiger partial charge in [-0.05, 0) is 25.0 Å². The van der Waals surface area contributed by atoms with Crippen molar-refractivity contribution in [2.75, 3.05) is 11.9 Å². The van der Waals surface area contributed by atoms with Gasteiger partial charge in [-0.25, -0.2) is 9.59 Å². The van der Waals surface area contributed by atoms with Gasteiger partial charge in [0.25, 0.3) is 0 Å². The van der Waals surface area contributed by atoms with Crippen LogP contribution >= 0.6 is 23.3 Å². The maximum Gasteiger partial charge on any atom is 0.326 e. The minimum absolute atomic E-state index is 0.342. The number of rotatable bonds is 2. The van der Waals surface area contributed by atoms with Crippen LogP contribution < -0.4 is 5.32 Å². The van der Waals surface area contributed by atoms with Crippen LogP contribution in [0.3, 0.4) is 0 Å². The summed E-state index contributed by atoms with van der Waals surface area (Å²) in [5.74, 6) is -0.998. The normalized spacial score (nSPS) is 18.1. The van der Waals surface area contributed by atoms with Gasteiger partial charge < -0.3 is 15.3 Å². The number of carbonyl (C=O) groups is 2. The third-order valence-corrected chi connectivity index (χ3v) is 4.27. The fraction of sp³-hybridized carbons (Fsp3) is 0.333. The molecule has 0 radical (unpaired) electrons. The molecule has 1 aromatic carbocycles. The van der Waals surface area contributed by atoms with Crippen molar-refractivity contribution in [3.8, 4) is 0 Å². The third kappa shape index (κ3) is 2.52. The summed E-state index contributed by atoms with van der Waals surface area (Å²) in [6.45, 7) is 0.408. The lowest BCUT2D eigenvalue weighted by Gasteiger charge is -2.22. The van der Waals surface area contributed by atoms with Gasteiger partial charge in [0.2, 0.25) is 0 Å². The number of benzene rings is 1. The zero-order chi connectivity index (χ0) is 15.0. The van der Waals surface area contributed by atoms with Crippen molar-refractivity contribution in [2.45, 2.75) is 18.9 Å². The number of halogens is 1. The Morgan fingerprint density at radius 2 is 2.24 bits per heavy atom. The summed E-state index contributed by atoms with van der Waals surface area (Å²) < 4.78 is 8.19. The highest BCUT2D eigenvalue weighted by Crippen LogP contribution is 2.30. The molecule has 0 unspecified atom stereocenters. The number of carboxylic acids is 1. The Bertz CT molecular complexity index is 720. The smallest absolute Gasteiger partial charge is 0.326 e. The molecule has 1 atom stereocenters. The second kappa shape index (κ2) is 5.45. The van der Waals surface area contributed by atoms with Crippen LogP contribution in [0.5, 0.6) is 0 Å². The molecule has 9 heteroatoms. The van der Waals surface area contributed by atoms with Gasteiger partial charge in [0.15, 0.2) is 0 Å². The van der Waals surface area contributed by atoms with Crippen LogP contribution in [0.2, 0.25) is 5.02 Å². The summed E-state index contributed by atoms with van der Waals surface area (Å²) in [5, 5.41) is 12.1. The first-order chi connectivity index (χ1) is 10.1. The van der Waals surface area contributed by atoms with Crippen molar-refractivity contribution in [3.63, 3.8) is 0 Å². The number of nitrogens with one attached hydrogen (secondary N) is 1. The molecule has 21 heavy (non-hydrogen) atoms. The van der Waals surface area contributed by atoms with E-state index in [1.165, 1.54) is 4.90 Å². The van der Waals surface area contributed by atoms with Crippen LogP contribution in [0.1, 0.15) is 12.8 Å². The Balaban J connectivity index is 1.88. The van der Waals surface area contributed by atoms with Gasteiger partial charge in [0, 0.05) is 6.54 Å². The number of amides is 2. The van der Waals surface area contributed by atoms with E-state index in [9.17, 15) is 9.59 Å². The predicted molar refractivity (Wildman–Crippen MR) is 78.8 cm³/mol. The molecule has 0 bridgehead atoms. The molecule has 1 fully saturated rings. The van der Waals surface area contributed by atoms with E-state index in [0.29, 0.717) is 41.1 Å². The number of urea groups is 1. The monoisotopic (exact) mass is 326 g/mol. The van der Waals surface area contributed by atoms with Gasteiger partial charge in [0.1, 0.15) is 17.1 Å². The summed E-state index contributed by atoms with van der Waals surface area (Å²) in [4.78, 5) is 24.7. The molecule has 0 aliphatic carbocycles. The quantitative estimate of drug-likeness (QED) is 0.883. The lowest BCUT2D eigenvalue weighted by atomic mass is 10.2. The van der Waals surface area contributed by atoms with Crippen molar-refractivity contribution >= 4 is 52.1 Å². The van der Waals surface area contributed by atoms with Crippen LogP contribution in [-0.4, -0.2) is 43.3 Å². The molecule has 2 N–H and O–H groups in total. The van der Waals surface area contributed by atoms with Crippen LogP contribution in [-0.2, 0) is 4.79 Å². The molecule has 0 saturated carbocycles. The molecule has 1 aliphatic rings. The maximum atomic E-state index is 12.3. The number of nitrogens with zero attached hydrogens (tertiary/aromatic N) is 3. The minimum atomic E-state index is -0.998. The number of anilines is 1. The summed E-state index contributed by atoms with van der Waals surface area (Å²) in [6, 6.07) is 2.06. The average Bonchev–Trinajstić information content (AvgIpc) is 3.09. The molecule has 7 nitrogen and oxygen atoms in total. The molecule has 2 aromatic rings. The average molecular weight is 327 g/mol. The summed E-state index contributed by atoms with van der Waals surface area (Å²) in [5.41, 5.74) is 1.51. The minimum Gasteiger partial charge on any atom is -0.480 e. The van der Waals surface area contributed by atoms with E-state index in [-0.39, 0.29) is 0 Å². The number of aromatic nitrogens is 2. The van der Waals surface area contributed by atoms with Gasteiger partial charge in [-0.3, -0.25) is 0 Å². The van der Waals surface area contributed by atoms with Gasteiger partial charge in [-0.1, -0.05) is 11.6 Å². The van der Waals surface area contributed by atoms with E-state index >= 15 is 0 Å². The summed E-state index contributed by atoms with van der Waals surface area (Å²) in [6.07, 6.45) is 1.12. The zero-order valence-electron chi connectivity index (χ0n) is 10.7. The summed E-state index contributed by atoms with van der Waals surface area (Å²) in [7, 11) is 0. The van der Waals surface area contributed by atoms with Gasteiger partial charge in [0.05, 0.1) is 22.4 Å². The molecule has 2 amide bonds. The van der Waals surface area contributed by atoms with Crippen molar-refractivity contribution in [1.29, 1.82) is 0 Å². The summed E-state index contributed by atoms with van der Waals surface area (Å²) >= 11 is 7.12.